The molecule has 1 saturated heterocycles. The van der Waals surface area contributed by atoms with Crippen LogP contribution in [0.15, 0.2) is 12.1 Å². The van der Waals surface area contributed by atoms with Crippen LogP contribution in [0, 0.1) is 6.92 Å². The number of benzene rings is 1. The van der Waals surface area contributed by atoms with Gasteiger partial charge in [-0.05, 0) is 25.5 Å². The van der Waals surface area contributed by atoms with Gasteiger partial charge in [0.25, 0.3) is 0 Å². The summed E-state index contributed by atoms with van der Waals surface area (Å²) in [6.45, 7) is 11.3. The number of fused-ring (bicyclic) bond motifs is 3. The molecule has 1 aromatic carbocycles. The minimum atomic E-state index is -0.249. The summed E-state index contributed by atoms with van der Waals surface area (Å²) in [6, 6.07) is 3.99. The van der Waals surface area contributed by atoms with E-state index in [1.807, 2.05) is 19.1 Å². The van der Waals surface area contributed by atoms with E-state index in [2.05, 4.69) is 21.7 Å². The Hall–Kier alpha value is -2.09. The summed E-state index contributed by atoms with van der Waals surface area (Å²) in [7, 11) is 0. The number of hydrogen-bond acceptors (Lipinski definition) is 6. The van der Waals surface area contributed by atoms with Crippen molar-refractivity contribution in [2.45, 2.75) is 33.2 Å². The summed E-state index contributed by atoms with van der Waals surface area (Å²) in [5.74, 6) is 0.614. The number of ether oxygens (including phenoxy) is 3. The van der Waals surface area contributed by atoms with Crippen molar-refractivity contribution in [1.82, 2.24) is 14.8 Å². The first kappa shape index (κ1) is 20.2. The second-order valence-electron chi connectivity index (χ2n) is 7.86. The van der Waals surface area contributed by atoms with Crippen LogP contribution >= 0.6 is 0 Å². The van der Waals surface area contributed by atoms with Crippen LogP contribution in [-0.2, 0) is 16.0 Å². The maximum atomic E-state index is 12.8. The van der Waals surface area contributed by atoms with Crippen LogP contribution < -0.4 is 4.74 Å². The van der Waals surface area contributed by atoms with Crippen LogP contribution in [0.5, 0.6) is 5.75 Å². The summed E-state index contributed by atoms with van der Waals surface area (Å²) >= 11 is 0. The Morgan fingerprint density at radius 2 is 2.00 bits per heavy atom. The number of aromatic nitrogens is 1. The van der Waals surface area contributed by atoms with Gasteiger partial charge in [-0.1, -0.05) is 13.3 Å². The third-order valence-corrected chi connectivity index (χ3v) is 5.77. The van der Waals surface area contributed by atoms with Crippen LogP contribution in [0.25, 0.3) is 10.9 Å². The molecule has 0 unspecified atom stereocenters. The lowest BCUT2D eigenvalue weighted by molar-refractivity contribution is 0.0242. The summed E-state index contributed by atoms with van der Waals surface area (Å²) in [5.41, 5.74) is 3.52. The fraction of sp³-hybridized carbons (Fsp3) is 0.591. The largest absolute Gasteiger partial charge is 0.478 e. The molecule has 0 spiro atoms. The molecule has 158 valence electrons. The molecule has 29 heavy (non-hydrogen) atoms. The number of morpholine rings is 1. The Labute approximate surface area is 171 Å². The van der Waals surface area contributed by atoms with Crippen molar-refractivity contribution in [3.05, 3.63) is 29.0 Å². The number of unbranched alkanes of at least 4 members (excludes halogenated alkanes) is 1. The minimum Gasteiger partial charge on any atom is -0.478 e. The first-order valence-electron chi connectivity index (χ1n) is 10.6. The van der Waals surface area contributed by atoms with Gasteiger partial charge in [-0.25, -0.2) is 4.79 Å². The van der Waals surface area contributed by atoms with Gasteiger partial charge in [-0.2, -0.15) is 0 Å². The number of H-pyrrole nitrogens is 1. The van der Waals surface area contributed by atoms with Crippen LogP contribution in [-0.4, -0.2) is 73.5 Å². The predicted molar refractivity (Wildman–Crippen MR) is 111 cm³/mol. The number of hydrogen-bond donors (Lipinski definition) is 1. The Kier molecular flexibility index (Phi) is 6.37. The van der Waals surface area contributed by atoms with E-state index in [0.717, 1.165) is 86.7 Å². The molecule has 7 heteroatoms. The molecule has 0 bridgehead atoms. The molecule has 1 N–H and O–H groups in total. The average Bonchev–Trinajstić information content (AvgIpc) is 3.09. The molecule has 2 aromatic rings. The third-order valence-electron chi connectivity index (χ3n) is 5.77. The highest BCUT2D eigenvalue weighted by Gasteiger charge is 2.26. The summed E-state index contributed by atoms with van der Waals surface area (Å²) < 4.78 is 17.0. The number of aryl methyl sites for hydroxylation is 1. The number of nitrogens with zero attached hydrogens (tertiary/aromatic N) is 2. The molecule has 7 nitrogen and oxygen atoms in total. The maximum Gasteiger partial charge on any atom is 0.340 e. The molecule has 0 radical (unpaired) electrons. The second kappa shape index (κ2) is 9.15. The molecule has 0 atom stereocenters. The zero-order valence-corrected chi connectivity index (χ0v) is 17.5. The van der Waals surface area contributed by atoms with E-state index in [4.69, 9.17) is 14.2 Å². The molecule has 4 rings (SSSR count). The zero-order valence-electron chi connectivity index (χ0n) is 17.5. The summed E-state index contributed by atoms with van der Waals surface area (Å²) in [6.07, 6.45) is 1.88. The first-order valence-corrected chi connectivity index (χ1v) is 10.6. The van der Waals surface area contributed by atoms with Gasteiger partial charge in [-0.3, -0.25) is 9.80 Å². The van der Waals surface area contributed by atoms with Crippen LogP contribution in [0.4, 0.5) is 0 Å². The topological polar surface area (TPSA) is 67.0 Å². The number of carbonyl (C=O) groups is 1. The molecule has 2 aliphatic rings. The SMILES string of the molecule is CCCCOC(=O)c1c(C)[nH]c2ccc3c(c12)CN(CCN1CCOCC1)CO3. The van der Waals surface area contributed by atoms with Crippen LogP contribution in [0.3, 0.4) is 0 Å². The van der Waals surface area contributed by atoms with Gasteiger partial charge in [0.2, 0.25) is 0 Å². The van der Waals surface area contributed by atoms with Crippen molar-refractivity contribution in [2.75, 3.05) is 52.7 Å². The number of carbonyl (C=O) groups excluding carboxylic acids is 1. The van der Waals surface area contributed by atoms with Crippen LogP contribution in [0.1, 0.15) is 41.4 Å². The third kappa shape index (κ3) is 4.42. The molecular formula is C22H31N3O4. The smallest absolute Gasteiger partial charge is 0.340 e. The second-order valence-corrected chi connectivity index (χ2v) is 7.86. The van der Waals surface area contributed by atoms with Crippen molar-refractivity contribution in [3.63, 3.8) is 0 Å². The lowest BCUT2D eigenvalue weighted by Gasteiger charge is -2.33. The van der Waals surface area contributed by atoms with Crippen molar-refractivity contribution in [2.24, 2.45) is 0 Å². The highest BCUT2D eigenvalue weighted by Crippen LogP contribution is 2.35. The highest BCUT2D eigenvalue weighted by molar-refractivity contribution is 6.07. The van der Waals surface area contributed by atoms with Gasteiger partial charge in [0.1, 0.15) is 12.5 Å². The molecule has 2 aliphatic heterocycles. The Balaban J connectivity index is 1.54. The lowest BCUT2D eigenvalue weighted by atomic mass is 10.0. The predicted octanol–water partition coefficient (Wildman–Crippen LogP) is 2.92. The molecule has 1 fully saturated rings. The van der Waals surface area contributed by atoms with E-state index in [0.29, 0.717) is 18.9 Å². The van der Waals surface area contributed by atoms with Crippen molar-refractivity contribution < 1.29 is 19.0 Å². The van der Waals surface area contributed by atoms with E-state index in [9.17, 15) is 4.79 Å². The van der Waals surface area contributed by atoms with E-state index < -0.39 is 0 Å². The Morgan fingerprint density at radius 3 is 2.79 bits per heavy atom. The quantitative estimate of drug-likeness (QED) is 0.568. The summed E-state index contributed by atoms with van der Waals surface area (Å²) in [4.78, 5) is 20.9. The van der Waals surface area contributed by atoms with Gasteiger partial charge in [0.05, 0.1) is 25.4 Å². The monoisotopic (exact) mass is 401 g/mol. The number of nitrogens with one attached hydrogen (secondary N) is 1. The minimum absolute atomic E-state index is 0.249. The van der Waals surface area contributed by atoms with E-state index in [-0.39, 0.29) is 5.97 Å². The fourth-order valence-electron chi connectivity index (χ4n) is 4.08. The number of aromatic amines is 1. The highest BCUT2D eigenvalue weighted by atomic mass is 16.5. The van der Waals surface area contributed by atoms with E-state index >= 15 is 0 Å². The van der Waals surface area contributed by atoms with Crippen molar-refractivity contribution >= 4 is 16.9 Å². The molecular weight excluding hydrogens is 370 g/mol. The fourth-order valence-corrected chi connectivity index (χ4v) is 4.08. The van der Waals surface area contributed by atoms with Gasteiger partial charge in [0, 0.05) is 54.9 Å². The van der Waals surface area contributed by atoms with Gasteiger partial charge < -0.3 is 19.2 Å². The van der Waals surface area contributed by atoms with Crippen molar-refractivity contribution in [3.8, 4) is 5.75 Å². The van der Waals surface area contributed by atoms with Crippen LogP contribution in [0.2, 0.25) is 0 Å². The van der Waals surface area contributed by atoms with Gasteiger partial charge in [-0.15, -0.1) is 0 Å². The average molecular weight is 402 g/mol. The summed E-state index contributed by atoms with van der Waals surface area (Å²) in [5, 5.41) is 0.942. The molecule has 0 aliphatic carbocycles. The zero-order chi connectivity index (χ0) is 20.2. The van der Waals surface area contributed by atoms with E-state index in [1.54, 1.807) is 0 Å². The lowest BCUT2D eigenvalue weighted by Crippen LogP contribution is -2.43. The van der Waals surface area contributed by atoms with Gasteiger partial charge in [0.15, 0.2) is 0 Å². The van der Waals surface area contributed by atoms with Gasteiger partial charge >= 0.3 is 5.97 Å². The molecule has 0 amide bonds. The number of rotatable bonds is 7. The van der Waals surface area contributed by atoms with Crippen molar-refractivity contribution in [1.29, 1.82) is 0 Å². The molecule has 0 saturated carbocycles. The molecule has 1 aromatic heterocycles. The molecule has 3 heterocycles. The van der Waals surface area contributed by atoms with E-state index in [1.165, 1.54) is 0 Å². The first-order chi connectivity index (χ1) is 14.2. The normalized spacial score (nSPS) is 17.9. The standard InChI is InChI=1S/C22H31N3O4/c1-3-4-11-28-22(26)20-16(2)23-18-5-6-19-17(21(18)20)14-25(15-29-19)8-7-24-9-12-27-13-10-24/h5-6,23H,3-4,7-15H2,1-2H3. The Morgan fingerprint density at radius 1 is 1.21 bits per heavy atom. The maximum absolute atomic E-state index is 12.8. The Bertz CT molecular complexity index is 857. The number of esters is 1.